The van der Waals surface area contributed by atoms with Gasteiger partial charge in [-0.3, -0.25) is 0 Å². The summed E-state index contributed by atoms with van der Waals surface area (Å²) < 4.78 is 6.76. The van der Waals surface area contributed by atoms with Crippen molar-refractivity contribution >= 4 is 17.0 Å². The maximum Gasteiger partial charge on any atom is 0.355 e. The minimum Gasteiger partial charge on any atom is -0.461 e. The molecule has 114 valence electrons. The van der Waals surface area contributed by atoms with Gasteiger partial charge in [0, 0.05) is 12.6 Å². The first-order valence-electron chi connectivity index (χ1n) is 7.25. The topological polar surface area (TPSA) is 57.0 Å². The van der Waals surface area contributed by atoms with Gasteiger partial charge in [-0.1, -0.05) is 24.1 Å². The Morgan fingerprint density at radius 3 is 2.74 bits per heavy atom. The molecule has 0 fully saturated rings. The molecule has 0 unspecified atom stereocenters. The largest absolute Gasteiger partial charge is 0.461 e. The van der Waals surface area contributed by atoms with Crippen LogP contribution in [0.1, 0.15) is 28.7 Å². The van der Waals surface area contributed by atoms with Crippen LogP contribution in [0.5, 0.6) is 0 Å². The number of hydrogen-bond donors (Lipinski definition) is 0. The van der Waals surface area contributed by atoms with E-state index in [1.807, 2.05) is 30.3 Å². The summed E-state index contributed by atoms with van der Waals surface area (Å²) in [6, 6.07) is 11.4. The van der Waals surface area contributed by atoms with E-state index in [2.05, 4.69) is 21.8 Å². The molecule has 0 aliphatic heterocycles. The third-order valence-electron chi connectivity index (χ3n) is 3.41. The van der Waals surface area contributed by atoms with Gasteiger partial charge in [-0.15, -0.1) is 0 Å². The molecule has 2 aromatic heterocycles. The first-order valence-corrected chi connectivity index (χ1v) is 7.25. The number of esters is 1. The van der Waals surface area contributed by atoms with E-state index in [0.29, 0.717) is 23.6 Å². The van der Waals surface area contributed by atoms with Crippen LogP contribution in [0.15, 0.2) is 42.7 Å². The molecule has 0 radical (unpaired) electrons. The molecule has 0 amide bonds. The van der Waals surface area contributed by atoms with Gasteiger partial charge >= 0.3 is 5.97 Å². The molecule has 2 heterocycles. The zero-order chi connectivity index (χ0) is 16.2. The lowest BCUT2D eigenvalue weighted by molar-refractivity contribution is 0.0516. The molecule has 0 bridgehead atoms. The average Bonchev–Trinajstić information content (AvgIpc) is 2.92. The van der Waals surface area contributed by atoms with Gasteiger partial charge in [0.2, 0.25) is 0 Å². The monoisotopic (exact) mass is 305 g/mol. The number of carbonyl (C=O) groups is 1. The maximum atomic E-state index is 12.0. The fourth-order valence-electron chi connectivity index (χ4n) is 2.29. The third kappa shape index (κ3) is 2.92. The molecule has 0 atom stereocenters. The van der Waals surface area contributed by atoms with E-state index in [4.69, 9.17) is 4.74 Å². The van der Waals surface area contributed by atoms with Crippen LogP contribution in [0.4, 0.5) is 0 Å². The second kappa shape index (κ2) is 6.32. The van der Waals surface area contributed by atoms with Gasteiger partial charge in [0.05, 0.1) is 12.0 Å². The van der Waals surface area contributed by atoms with E-state index in [9.17, 15) is 4.79 Å². The Balaban J connectivity index is 2.07. The lowest BCUT2D eigenvalue weighted by Gasteiger charge is -2.02. The van der Waals surface area contributed by atoms with Crippen molar-refractivity contribution in [3.05, 3.63) is 59.7 Å². The van der Waals surface area contributed by atoms with Crippen LogP contribution in [0, 0.1) is 11.8 Å². The number of fused-ring (bicyclic) bond motifs is 1. The summed E-state index contributed by atoms with van der Waals surface area (Å²) in [5, 5.41) is 0.737. The fourth-order valence-corrected chi connectivity index (χ4v) is 2.29. The lowest BCUT2D eigenvalue weighted by Crippen LogP contribution is -2.09. The summed E-state index contributed by atoms with van der Waals surface area (Å²) in [4.78, 5) is 20.5. The zero-order valence-corrected chi connectivity index (χ0v) is 12.9. The van der Waals surface area contributed by atoms with E-state index in [0.717, 1.165) is 10.9 Å². The van der Waals surface area contributed by atoms with Crippen LogP contribution < -0.4 is 0 Å². The van der Waals surface area contributed by atoms with E-state index in [1.165, 1.54) is 6.33 Å². The van der Waals surface area contributed by atoms with Gasteiger partial charge in [-0.05, 0) is 31.0 Å². The normalized spacial score (nSPS) is 10.2. The molecule has 0 N–H and O–H groups in total. The molecule has 0 saturated heterocycles. The molecule has 3 aromatic rings. The van der Waals surface area contributed by atoms with Crippen molar-refractivity contribution in [1.82, 2.24) is 14.5 Å². The number of rotatable bonds is 2. The highest BCUT2D eigenvalue weighted by Crippen LogP contribution is 2.19. The molecule has 0 aliphatic carbocycles. The van der Waals surface area contributed by atoms with Crippen LogP contribution in [-0.4, -0.2) is 27.1 Å². The molecular formula is C18H15N3O2. The smallest absolute Gasteiger partial charge is 0.355 e. The van der Waals surface area contributed by atoms with E-state index < -0.39 is 0 Å². The Morgan fingerprint density at radius 1 is 1.22 bits per heavy atom. The number of benzene rings is 1. The van der Waals surface area contributed by atoms with Crippen LogP contribution in [0.2, 0.25) is 0 Å². The molecule has 1 aromatic carbocycles. The highest BCUT2D eigenvalue weighted by atomic mass is 16.5. The Kier molecular flexibility index (Phi) is 4.07. The van der Waals surface area contributed by atoms with E-state index in [-0.39, 0.29) is 5.97 Å². The number of hydrogen-bond acceptors (Lipinski definition) is 4. The van der Waals surface area contributed by atoms with Gasteiger partial charge in [0.1, 0.15) is 23.4 Å². The number of nitrogens with zero attached hydrogens (tertiary/aromatic N) is 3. The van der Waals surface area contributed by atoms with Gasteiger partial charge in [-0.2, -0.15) is 0 Å². The Morgan fingerprint density at radius 2 is 2.00 bits per heavy atom. The summed E-state index contributed by atoms with van der Waals surface area (Å²) >= 11 is 0. The second-order valence-corrected chi connectivity index (χ2v) is 4.88. The zero-order valence-electron chi connectivity index (χ0n) is 12.9. The summed E-state index contributed by atoms with van der Waals surface area (Å²) in [5.41, 5.74) is 2.58. The first kappa shape index (κ1) is 14.8. The van der Waals surface area contributed by atoms with Gasteiger partial charge in [0.15, 0.2) is 0 Å². The molecule has 0 saturated carbocycles. The van der Waals surface area contributed by atoms with Crippen molar-refractivity contribution < 1.29 is 9.53 Å². The number of aryl methyl sites for hydroxylation is 1. The summed E-state index contributed by atoms with van der Waals surface area (Å²) in [6.45, 7) is 2.10. The predicted octanol–water partition coefficient (Wildman–Crippen LogP) is 2.54. The van der Waals surface area contributed by atoms with Crippen LogP contribution in [0.3, 0.4) is 0 Å². The second-order valence-electron chi connectivity index (χ2n) is 4.88. The van der Waals surface area contributed by atoms with Crippen LogP contribution in [-0.2, 0) is 11.8 Å². The van der Waals surface area contributed by atoms with Gasteiger partial charge in [-0.25, -0.2) is 14.8 Å². The molecular weight excluding hydrogens is 290 g/mol. The average molecular weight is 305 g/mol. The third-order valence-corrected chi connectivity index (χ3v) is 3.41. The summed E-state index contributed by atoms with van der Waals surface area (Å²) in [6.07, 6.45) is 1.45. The molecule has 3 rings (SSSR count). The number of ether oxygens (including phenoxy) is 1. The standard InChI is InChI=1S/C18H15N3O2/c1-3-23-18(22)16-11-14-15(19-12-20-17(14)21(16)2)10-9-13-7-5-4-6-8-13/h4-8,11-12H,3H2,1-2H3. The Hall–Kier alpha value is -3.13. The van der Waals surface area contributed by atoms with Crippen molar-refractivity contribution in [2.45, 2.75) is 6.92 Å². The highest BCUT2D eigenvalue weighted by Gasteiger charge is 2.17. The predicted molar refractivity (Wildman–Crippen MR) is 86.9 cm³/mol. The molecule has 0 spiro atoms. The van der Waals surface area contributed by atoms with Crippen LogP contribution in [0.25, 0.3) is 11.0 Å². The first-order chi connectivity index (χ1) is 11.2. The molecule has 23 heavy (non-hydrogen) atoms. The lowest BCUT2D eigenvalue weighted by atomic mass is 10.2. The quantitative estimate of drug-likeness (QED) is 0.539. The van der Waals surface area contributed by atoms with Gasteiger partial charge in [0.25, 0.3) is 0 Å². The van der Waals surface area contributed by atoms with E-state index >= 15 is 0 Å². The minimum absolute atomic E-state index is 0.326. The van der Waals surface area contributed by atoms with Crippen molar-refractivity contribution in [2.75, 3.05) is 6.61 Å². The SMILES string of the molecule is CCOC(=O)c1cc2c(C#Cc3ccccc3)ncnc2n1C. The summed E-state index contributed by atoms with van der Waals surface area (Å²) in [7, 11) is 1.77. The van der Waals surface area contributed by atoms with Crippen molar-refractivity contribution in [3.8, 4) is 11.8 Å². The van der Waals surface area contributed by atoms with Crippen molar-refractivity contribution in [3.63, 3.8) is 0 Å². The van der Waals surface area contributed by atoms with Crippen LogP contribution >= 0.6 is 0 Å². The highest BCUT2D eigenvalue weighted by molar-refractivity contribution is 5.95. The van der Waals surface area contributed by atoms with Crippen molar-refractivity contribution in [2.24, 2.45) is 7.05 Å². The number of aromatic nitrogens is 3. The summed E-state index contributed by atoms with van der Waals surface area (Å²) in [5.74, 6) is 5.74. The molecule has 5 nitrogen and oxygen atoms in total. The molecule has 5 heteroatoms. The minimum atomic E-state index is -0.380. The Bertz CT molecular complexity index is 918. The van der Waals surface area contributed by atoms with Gasteiger partial charge < -0.3 is 9.30 Å². The van der Waals surface area contributed by atoms with E-state index in [1.54, 1.807) is 24.6 Å². The molecule has 0 aliphatic rings. The fraction of sp³-hybridized carbons (Fsp3) is 0.167. The number of carbonyl (C=O) groups excluding carboxylic acids is 1. The maximum absolute atomic E-state index is 12.0. The Labute approximate surface area is 133 Å². The van der Waals surface area contributed by atoms with Crippen molar-refractivity contribution in [1.29, 1.82) is 0 Å².